The Morgan fingerprint density at radius 1 is 1.00 bits per heavy atom. The van der Waals surface area contributed by atoms with Crippen molar-refractivity contribution < 1.29 is 4.79 Å². The summed E-state index contributed by atoms with van der Waals surface area (Å²) in [6, 6.07) is 0. The lowest BCUT2D eigenvalue weighted by Crippen LogP contribution is -1.85. The summed E-state index contributed by atoms with van der Waals surface area (Å²) >= 11 is 0. The maximum Gasteiger partial charge on any atom is 0.143 e. The topological polar surface area (TPSA) is 17.1 Å². The maximum absolute atomic E-state index is 10.2. The van der Waals surface area contributed by atoms with Crippen molar-refractivity contribution in [3.63, 3.8) is 0 Å². The third-order valence-corrected chi connectivity index (χ3v) is 3.08. The van der Waals surface area contributed by atoms with E-state index >= 15 is 0 Å². The maximum atomic E-state index is 10.2. The molecule has 0 aliphatic heterocycles. The van der Waals surface area contributed by atoms with Crippen molar-refractivity contribution in [1.82, 2.24) is 0 Å². The highest BCUT2D eigenvalue weighted by Crippen LogP contribution is 2.25. The van der Waals surface area contributed by atoms with Gasteiger partial charge in [0.1, 0.15) is 6.29 Å². The fourth-order valence-electron chi connectivity index (χ4n) is 2.01. The van der Waals surface area contributed by atoms with Crippen LogP contribution < -0.4 is 0 Å². The minimum absolute atomic E-state index is 0.791. The predicted molar refractivity (Wildman–Crippen MR) is 73.8 cm³/mol. The quantitative estimate of drug-likeness (QED) is 0.389. The van der Waals surface area contributed by atoms with Gasteiger partial charge in [-0.3, -0.25) is 4.79 Å². The molecule has 0 unspecified atom stereocenters. The highest BCUT2D eigenvalue weighted by molar-refractivity contribution is 5.66. The van der Waals surface area contributed by atoms with E-state index in [4.69, 9.17) is 0 Å². The second-order valence-electron chi connectivity index (χ2n) is 4.72. The molecule has 1 saturated carbocycles. The first-order valence-corrected chi connectivity index (χ1v) is 6.37. The molecule has 0 heterocycles. The number of hydrogen-bond acceptors (Lipinski definition) is 1. The standard InChI is InChI=1S/C16H22O/c1-14(6-5-7-15(2)12-13-17)10-11-16-8-3-4-9-16/h5-7,10-13,16H,3-4,8-9H2,1-2H3/b7-5+,11-10+,14-6+,15-12+. The molecule has 1 fully saturated rings. The molecule has 17 heavy (non-hydrogen) atoms. The molecule has 1 heteroatoms. The van der Waals surface area contributed by atoms with Crippen molar-refractivity contribution in [2.75, 3.05) is 0 Å². The summed E-state index contributed by atoms with van der Waals surface area (Å²) in [5.74, 6) is 0.791. The molecule has 0 N–H and O–H groups in total. The van der Waals surface area contributed by atoms with E-state index in [0.717, 1.165) is 17.8 Å². The molecular weight excluding hydrogens is 208 g/mol. The van der Waals surface area contributed by atoms with Crippen molar-refractivity contribution in [3.05, 3.63) is 47.6 Å². The van der Waals surface area contributed by atoms with Gasteiger partial charge in [-0.25, -0.2) is 0 Å². The van der Waals surface area contributed by atoms with Crippen molar-refractivity contribution in [1.29, 1.82) is 0 Å². The van der Waals surface area contributed by atoms with Crippen LogP contribution in [0.4, 0.5) is 0 Å². The van der Waals surface area contributed by atoms with Gasteiger partial charge in [0.25, 0.3) is 0 Å². The highest BCUT2D eigenvalue weighted by Gasteiger charge is 2.10. The van der Waals surface area contributed by atoms with Gasteiger partial charge in [0.05, 0.1) is 0 Å². The molecule has 0 aromatic rings. The van der Waals surface area contributed by atoms with Gasteiger partial charge in [-0.1, -0.05) is 48.8 Å². The molecule has 1 aliphatic carbocycles. The normalized spacial score (nSPS) is 19.6. The van der Waals surface area contributed by atoms with Crippen LogP contribution in [0.3, 0.4) is 0 Å². The molecule has 0 aromatic carbocycles. The van der Waals surface area contributed by atoms with Gasteiger partial charge in [0.15, 0.2) is 0 Å². The lowest BCUT2D eigenvalue weighted by atomic mass is 10.1. The van der Waals surface area contributed by atoms with Crippen LogP contribution in [0, 0.1) is 5.92 Å². The lowest BCUT2D eigenvalue weighted by Gasteiger charge is -1.99. The Kier molecular flexibility index (Phi) is 6.31. The van der Waals surface area contributed by atoms with Crippen molar-refractivity contribution in [3.8, 4) is 0 Å². The van der Waals surface area contributed by atoms with Crippen LogP contribution in [0.1, 0.15) is 39.5 Å². The zero-order chi connectivity index (χ0) is 12.5. The van der Waals surface area contributed by atoms with Crippen LogP contribution in [-0.2, 0) is 4.79 Å². The van der Waals surface area contributed by atoms with Gasteiger partial charge in [0, 0.05) is 0 Å². The SMILES string of the molecule is CC(/C=C/C=C(C)/C=C/C1CCCC1)=C\C=O. The largest absolute Gasteiger partial charge is 0.299 e. The monoisotopic (exact) mass is 230 g/mol. The van der Waals surface area contributed by atoms with Crippen LogP contribution in [0.25, 0.3) is 0 Å². The van der Waals surface area contributed by atoms with Gasteiger partial charge in [-0.15, -0.1) is 0 Å². The average molecular weight is 230 g/mol. The summed E-state index contributed by atoms with van der Waals surface area (Å²) < 4.78 is 0. The fraction of sp³-hybridized carbons (Fsp3) is 0.438. The number of carbonyl (C=O) groups excluding carboxylic acids is 1. The van der Waals surface area contributed by atoms with E-state index in [1.54, 1.807) is 6.08 Å². The molecule has 0 spiro atoms. The van der Waals surface area contributed by atoms with Crippen molar-refractivity contribution in [2.45, 2.75) is 39.5 Å². The molecule has 0 radical (unpaired) electrons. The Morgan fingerprint density at radius 3 is 2.29 bits per heavy atom. The molecule has 1 rings (SSSR count). The molecule has 92 valence electrons. The third-order valence-electron chi connectivity index (χ3n) is 3.08. The molecule has 0 amide bonds. The Morgan fingerprint density at radius 2 is 1.65 bits per heavy atom. The first-order valence-electron chi connectivity index (χ1n) is 6.37. The summed E-state index contributed by atoms with van der Waals surface area (Å²) in [4.78, 5) is 10.2. The second kappa shape index (κ2) is 7.83. The number of allylic oxidation sites excluding steroid dienone is 8. The zero-order valence-corrected chi connectivity index (χ0v) is 10.9. The average Bonchev–Trinajstić information content (AvgIpc) is 2.79. The van der Waals surface area contributed by atoms with E-state index in [-0.39, 0.29) is 0 Å². The summed E-state index contributed by atoms with van der Waals surface area (Å²) in [6.07, 6.45) is 18.4. The smallest absolute Gasteiger partial charge is 0.143 e. The molecule has 1 nitrogen and oxygen atoms in total. The van der Waals surface area contributed by atoms with E-state index in [0.29, 0.717) is 0 Å². The molecule has 0 bridgehead atoms. The van der Waals surface area contributed by atoms with E-state index in [1.165, 1.54) is 31.3 Å². The number of carbonyl (C=O) groups is 1. The van der Waals surface area contributed by atoms with Crippen LogP contribution in [0.5, 0.6) is 0 Å². The summed E-state index contributed by atoms with van der Waals surface area (Å²) in [5, 5.41) is 0. The highest BCUT2D eigenvalue weighted by atomic mass is 16.1. The van der Waals surface area contributed by atoms with Crippen LogP contribution in [-0.4, -0.2) is 6.29 Å². The summed E-state index contributed by atoms with van der Waals surface area (Å²) in [6.45, 7) is 4.02. The molecular formula is C16H22O. The first kappa shape index (κ1) is 13.7. The summed E-state index contributed by atoms with van der Waals surface area (Å²) in [5.41, 5.74) is 2.23. The molecule has 0 aromatic heterocycles. The minimum Gasteiger partial charge on any atom is -0.299 e. The van der Waals surface area contributed by atoms with Gasteiger partial charge in [-0.05, 0) is 44.3 Å². The molecule has 0 atom stereocenters. The number of hydrogen-bond donors (Lipinski definition) is 0. The molecule has 0 saturated heterocycles. The van der Waals surface area contributed by atoms with Crippen LogP contribution >= 0.6 is 0 Å². The van der Waals surface area contributed by atoms with Gasteiger partial charge < -0.3 is 0 Å². The first-order chi connectivity index (χ1) is 8.22. The second-order valence-corrected chi connectivity index (χ2v) is 4.72. The van der Waals surface area contributed by atoms with Crippen molar-refractivity contribution >= 4 is 6.29 Å². The third kappa shape index (κ3) is 6.06. The van der Waals surface area contributed by atoms with E-state index in [9.17, 15) is 4.79 Å². The Hall–Kier alpha value is -1.37. The van der Waals surface area contributed by atoms with Crippen LogP contribution in [0.2, 0.25) is 0 Å². The number of aldehydes is 1. The van der Waals surface area contributed by atoms with Crippen molar-refractivity contribution in [2.24, 2.45) is 5.92 Å². The Balaban J connectivity index is 2.43. The van der Waals surface area contributed by atoms with Crippen LogP contribution in [0.15, 0.2) is 47.6 Å². The minimum atomic E-state index is 0.791. The zero-order valence-electron chi connectivity index (χ0n) is 10.9. The van der Waals surface area contributed by atoms with E-state index in [2.05, 4.69) is 25.2 Å². The van der Waals surface area contributed by atoms with E-state index in [1.807, 2.05) is 19.1 Å². The van der Waals surface area contributed by atoms with E-state index < -0.39 is 0 Å². The fourth-order valence-corrected chi connectivity index (χ4v) is 2.01. The number of rotatable bonds is 5. The van der Waals surface area contributed by atoms with Gasteiger partial charge >= 0.3 is 0 Å². The van der Waals surface area contributed by atoms with Gasteiger partial charge in [0.2, 0.25) is 0 Å². The Labute approximate surface area is 105 Å². The molecule has 1 aliphatic rings. The summed E-state index contributed by atoms with van der Waals surface area (Å²) in [7, 11) is 0. The predicted octanol–water partition coefficient (Wildman–Crippen LogP) is 4.38. The lowest BCUT2D eigenvalue weighted by molar-refractivity contribution is -0.104. The Bertz CT molecular complexity index is 350. The van der Waals surface area contributed by atoms with Gasteiger partial charge in [-0.2, -0.15) is 0 Å².